The zero-order chi connectivity index (χ0) is 27.4. The van der Waals surface area contributed by atoms with Gasteiger partial charge in [-0.25, -0.2) is 0 Å². The lowest BCUT2D eigenvalue weighted by molar-refractivity contribution is 0.669. The van der Waals surface area contributed by atoms with Gasteiger partial charge in [0.2, 0.25) is 0 Å². The quantitative estimate of drug-likeness (QED) is 0.209. The summed E-state index contributed by atoms with van der Waals surface area (Å²) in [7, 11) is 0. The van der Waals surface area contributed by atoms with Crippen molar-refractivity contribution in [2.24, 2.45) is 4.99 Å². The highest BCUT2D eigenvalue weighted by Gasteiger charge is 2.12. The largest absolute Gasteiger partial charge is 0.456 e. The van der Waals surface area contributed by atoms with Crippen LogP contribution in [0, 0.1) is 0 Å². The van der Waals surface area contributed by atoms with E-state index < -0.39 is 0 Å². The number of fused-ring (bicyclic) bond motifs is 3. The summed E-state index contributed by atoms with van der Waals surface area (Å²) in [6.45, 7) is 0.625. The van der Waals surface area contributed by atoms with E-state index in [-0.39, 0.29) is 0 Å². The second-order valence-electron chi connectivity index (χ2n) is 10.1. The van der Waals surface area contributed by atoms with E-state index in [0.29, 0.717) is 6.54 Å². The molecule has 0 aliphatic rings. The summed E-state index contributed by atoms with van der Waals surface area (Å²) in [6, 6.07) is 50.5. The first kappa shape index (κ1) is 24.6. The first-order chi connectivity index (χ1) is 20.3. The van der Waals surface area contributed by atoms with E-state index in [2.05, 4.69) is 126 Å². The molecule has 1 aromatic heterocycles. The fourth-order valence-electron chi connectivity index (χ4n) is 5.29. The van der Waals surface area contributed by atoms with E-state index >= 15 is 0 Å². The summed E-state index contributed by atoms with van der Waals surface area (Å²) >= 11 is 0. The molecule has 0 atom stereocenters. The highest BCUT2D eigenvalue weighted by molar-refractivity contribution is 6.06. The summed E-state index contributed by atoms with van der Waals surface area (Å²) in [5, 5.41) is 5.95. The molecule has 1 N–H and O–H groups in total. The van der Waals surface area contributed by atoms with E-state index in [1.807, 2.05) is 36.5 Å². The number of hydrogen-bond donors (Lipinski definition) is 1. The van der Waals surface area contributed by atoms with Crippen molar-refractivity contribution in [2.45, 2.75) is 6.54 Å². The van der Waals surface area contributed by atoms with Gasteiger partial charge in [-0.15, -0.1) is 0 Å². The SMILES string of the molecule is C(=N\Cc1cccc(Nc2ccc(-c3ccc4oc5ccccc5c4c3)cc2-c2ccccc2)c1)/c1ccccc1. The van der Waals surface area contributed by atoms with Gasteiger partial charge in [-0.3, -0.25) is 4.99 Å². The van der Waals surface area contributed by atoms with Crippen molar-refractivity contribution in [3.05, 3.63) is 157 Å². The van der Waals surface area contributed by atoms with Crippen molar-refractivity contribution >= 4 is 39.5 Å². The monoisotopic (exact) mass is 528 g/mol. The maximum absolute atomic E-state index is 6.06. The second-order valence-corrected chi connectivity index (χ2v) is 10.1. The average molecular weight is 529 g/mol. The molecule has 0 saturated heterocycles. The molecule has 0 saturated carbocycles. The Morgan fingerprint density at radius 3 is 2.17 bits per heavy atom. The third kappa shape index (κ3) is 5.26. The molecule has 3 nitrogen and oxygen atoms in total. The normalized spacial score (nSPS) is 11.4. The van der Waals surface area contributed by atoms with Crippen LogP contribution in [-0.2, 0) is 6.54 Å². The van der Waals surface area contributed by atoms with Gasteiger partial charge < -0.3 is 9.73 Å². The van der Waals surface area contributed by atoms with Gasteiger partial charge in [0.15, 0.2) is 0 Å². The van der Waals surface area contributed by atoms with Crippen LogP contribution in [0.2, 0.25) is 0 Å². The molecule has 3 heteroatoms. The molecule has 0 spiro atoms. The Kier molecular flexibility index (Phi) is 6.60. The highest BCUT2D eigenvalue weighted by atomic mass is 16.3. The summed E-state index contributed by atoms with van der Waals surface area (Å²) < 4.78 is 6.06. The minimum absolute atomic E-state index is 0.625. The Labute approximate surface area is 239 Å². The van der Waals surface area contributed by atoms with Crippen molar-refractivity contribution in [3.63, 3.8) is 0 Å². The number of nitrogens with one attached hydrogen (secondary N) is 1. The van der Waals surface area contributed by atoms with Crippen LogP contribution in [0.4, 0.5) is 11.4 Å². The number of para-hydroxylation sites is 1. The van der Waals surface area contributed by atoms with Gasteiger partial charge in [0, 0.05) is 33.9 Å². The zero-order valence-corrected chi connectivity index (χ0v) is 22.5. The molecular weight excluding hydrogens is 500 g/mol. The minimum Gasteiger partial charge on any atom is -0.456 e. The summed E-state index contributed by atoms with van der Waals surface area (Å²) in [5.41, 5.74) is 10.8. The number of nitrogens with zero attached hydrogens (tertiary/aromatic N) is 1. The molecule has 6 aromatic carbocycles. The number of anilines is 2. The van der Waals surface area contributed by atoms with Gasteiger partial charge in [-0.1, -0.05) is 103 Å². The highest BCUT2D eigenvalue weighted by Crippen LogP contribution is 2.37. The fraction of sp³-hybridized carbons (Fsp3) is 0.0263. The lowest BCUT2D eigenvalue weighted by Gasteiger charge is -2.15. The van der Waals surface area contributed by atoms with E-state index in [9.17, 15) is 0 Å². The molecule has 0 amide bonds. The molecule has 0 bridgehead atoms. The Hall–Kier alpha value is -5.41. The predicted octanol–water partition coefficient (Wildman–Crippen LogP) is 10.3. The van der Waals surface area contributed by atoms with Gasteiger partial charge in [-0.05, 0) is 70.3 Å². The first-order valence-electron chi connectivity index (χ1n) is 13.8. The standard InChI is InChI=1S/C38H28N2O/c1-3-10-27(11-4-1)25-39-26-28-12-9-15-32(22-28)40-36-20-18-30(23-34(36)29-13-5-2-6-14-29)31-19-21-38-35(24-31)33-16-7-8-17-37(33)41-38/h1-25,40H,26H2/b39-25+. The van der Waals surface area contributed by atoms with E-state index in [1.54, 1.807) is 0 Å². The lowest BCUT2D eigenvalue weighted by Crippen LogP contribution is -1.95. The molecule has 1 heterocycles. The Morgan fingerprint density at radius 2 is 1.29 bits per heavy atom. The van der Waals surface area contributed by atoms with Crippen molar-refractivity contribution < 1.29 is 4.42 Å². The summed E-state index contributed by atoms with van der Waals surface area (Å²) in [4.78, 5) is 4.65. The van der Waals surface area contributed by atoms with Crippen LogP contribution in [0.3, 0.4) is 0 Å². The molecule has 0 unspecified atom stereocenters. The van der Waals surface area contributed by atoms with E-state index in [4.69, 9.17) is 4.42 Å². The predicted molar refractivity (Wildman–Crippen MR) is 172 cm³/mol. The van der Waals surface area contributed by atoms with Gasteiger partial charge in [0.1, 0.15) is 11.2 Å². The molecule has 7 rings (SSSR count). The van der Waals surface area contributed by atoms with Gasteiger partial charge in [0.25, 0.3) is 0 Å². The van der Waals surface area contributed by atoms with E-state index in [0.717, 1.165) is 66.7 Å². The van der Waals surface area contributed by atoms with Gasteiger partial charge in [-0.2, -0.15) is 0 Å². The summed E-state index contributed by atoms with van der Waals surface area (Å²) in [6.07, 6.45) is 1.93. The van der Waals surface area contributed by atoms with Crippen LogP contribution < -0.4 is 5.32 Å². The lowest BCUT2D eigenvalue weighted by atomic mass is 9.96. The molecule has 196 valence electrons. The zero-order valence-electron chi connectivity index (χ0n) is 22.5. The molecular formula is C38H28N2O. The van der Waals surface area contributed by atoms with Crippen LogP contribution in [-0.4, -0.2) is 6.21 Å². The molecule has 41 heavy (non-hydrogen) atoms. The first-order valence-corrected chi connectivity index (χ1v) is 13.8. The van der Waals surface area contributed by atoms with Gasteiger partial charge >= 0.3 is 0 Å². The fourth-order valence-corrected chi connectivity index (χ4v) is 5.29. The summed E-state index contributed by atoms with van der Waals surface area (Å²) in [5.74, 6) is 0. The van der Waals surface area contributed by atoms with E-state index in [1.165, 1.54) is 0 Å². The van der Waals surface area contributed by atoms with Gasteiger partial charge in [0.05, 0.1) is 6.54 Å². The van der Waals surface area contributed by atoms with Crippen LogP contribution in [0.25, 0.3) is 44.2 Å². The molecule has 0 radical (unpaired) electrons. The van der Waals surface area contributed by atoms with Crippen molar-refractivity contribution in [1.29, 1.82) is 0 Å². The van der Waals surface area contributed by atoms with Crippen LogP contribution in [0.15, 0.2) is 155 Å². The Bertz CT molecular complexity index is 1990. The Balaban J connectivity index is 1.21. The minimum atomic E-state index is 0.625. The van der Waals surface area contributed by atoms with Crippen LogP contribution >= 0.6 is 0 Å². The van der Waals surface area contributed by atoms with Crippen molar-refractivity contribution in [1.82, 2.24) is 0 Å². The maximum atomic E-state index is 6.06. The maximum Gasteiger partial charge on any atom is 0.135 e. The number of benzene rings is 6. The Morgan fingerprint density at radius 1 is 0.561 bits per heavy atom. The number of rotatable bonds is 7. The third-order valence-corrected chi connectivity index (χ3v) is 7.33. The number of hydrogen-bond acceptors (Lipinski definition) is 3. The number of aliphatic imine (C=N–C) groups is 1. The topological polar surface area (TPSA) is 37.5 Å². The second kappa shape index (κ2) is 11.0. The molecule has 0 aliphatic carbocycles. The van der Waals surface area contributed by atoms with Crippen molar-refractivity contribution in [3.8, 4) is 22.3 Å². The average Bonchev–Trinajstić information content (AvgIpc) is 3.40. The molecule has 7 aromatic rings. The molecule has 0 aliphatic heterocycles. The van der Waals surface area contributed by atoms with Crippen LogP contribution in [0.1, 0.15) is 11.1 Å². The van der Waals surface area contributed by atoms with Crippen LogP contribution in [0.5, 0.6) is 0 Å². The third-order valence-electron chi connectivity index (χ3n) is 7.33. The molecule has 0 fully saturated rings. The van der Waals surface area contributed by atoms with Crippen molar-refractivity contribution in [2.75, 3.05) is 5.32 Å². The smallest absolute Gasteiger partial charge is 0.135 e. The number of furan rings is 1.